The predicted octanol–water partition coefficient (Wildman–Crippen LogP) is 1.56. The van der Waals surface area contributed by atoms with Crippen LogP contribution in [0, 0.1) is 0 Å². The Hall–Kier alpha value is -1.79. The molecule has 1 aliphatic heterocycles. The van der Waals surface area contributed by atoms with E-state index in [0.717, 1.165) is 0 Å². The number of hydrogen-bond acceptors (Lipinski definition) is 4. The summed E-state index contributed by atoms with van der Waals surface area (Å²) in [4.78, 5) is 27.3. The summed E-state index contributed by atoms with van der Waals surface area (Å²) < 4.78 is 10.3. The first kappa shape index (κ1) is 16.6. The Morgan fingerprint density at radius 1 is 1.36 bits per heavy atom. The molecule has 6 nitrogen and oxygen atoms in total. The van der Waals surface area contributed by atoms with Gasteiger partial charge in [0, 0.05) is 25.7 Å². The minimum absolute atomic E-state index is 0.0159. The van der Waals surface area contributed by atoms with Crippen LogP contribution in [-0.2, 0) is 14.3 Å². The summed E-state index contributed by atoms with van der Waals surface area (Å²) in [7, 11) is 1.52. The number of amides is 2. The molecule has 0 bridgehead atoms. The zero-order chi connectivity index (χ0) is 16.1. The van der Waals surface area contributed by atoms with Crippen LogP contribution in [0.4, 0.5) is 5.69 Å². The van der Waals surface area contributed by atoms with Crippen LogP contribution in [0.25, 0.3) is 0 Å². The highest BCUT2D eigenvalue weighted by atomic mass is 35.5. The maximum atomic E-state index is 12.3. The van der Waals surface area contributed by atoms with E-state index in [1.807, 2.05) is 0 Å². The van der Waals surface area contributed by atoms with Gasteiger partial charge in [0.15, 0.2) is 0 Å². The molecule has 1 aliphatic rings. The van der Waals surface area contributed by atoms with Crippen LogP contribution in [0.15, 0.2) is 18.2 Å². The van der Waals surface area contributed by atoms with Crippen molar-refractivity contribution >= 4 is 29.1 Å². The predicted molar refractivity (Wildman–Crippen MR) is 83.4 cm³/mol. The molecule has 120 valence electrons. The normalized spacial score (nSPS) is 14.6. The Morgan fingerprint density at radius 3 is 2.59 bits per heavy atom. The summed E-state index contributed by atoms with van der Waals surface area (Å²) in [6.07, 6.45) is 0. The number of benzene rings is 1. The second-order valence-electron chi connectivity index (χ2n) is 4.92. The molecule has 0 saturated carbocycles. The van der Waals surface area contributed by atoms with E-state index in [0.29, 0.717) is 42.8 Å². The maximum Gasteiger partial charge on any atom is 0.242 e. The molecule has 22 heavy (non-hydrogen) atoms. The van der Waals surface area contributed by atoms with Crippen molar-refractivity contribution in [3.63, 3.8) is 0 Å². The molecular weight excluding hydrogens is 308 g/mol. The topological polar surface area (TPSA) is 59.1 Å². The summed E-state index contributed by atoms with van der Waals surface area (Å²) in [5.74, 6) is 0.196. The fraction of sp³-hybridized carbons (Fsp3) is 0.467. The van der Waals surface area contributed by atoms with Gasteiger partial charge in [0.05, 0.1) is 25.3 Å². The minimum atomic E-state index is -0.220. The number of carbonyl (C=O) groups is 2. The molecule has 0 aliphatic carbocycles. The summed E-state index contributed by atoms with van der Waals surface area (Å²) in [5, 5.41) is 0.394. The van der Waals surface area contributed by atoms with Crippen molar-refractivity contribution in [2.24, 2.45) is 0 Å². The van der Waals surface area contributed by atoms with Crippen LogP contribution < -0.4 is 9.64 Å². The largest absolute Gasteiger partial charge is 0.495 e. The fourth-order valence-electron chi connectivity index (χ4n) is 2.26. The summed E-state index contributed by atoms with van der Waals surface area (Å²) in [5.41, 5.74) is 0.569. The molecule has 0 radical (unpaired) electrons. The van der Waals surface area contributed by atoms with Gasteiger partial charge in [-0.15, -0.1) is 0 Å². The monoisotopic (exact) mass is 326 g/mol. The third-order valence-corrected chi connectivity index (χ3v) is 3.78. The first-order valence-corrected chi connectivity index (χ1v) is 7.38. The van der Waals surface area contributed by atoms with Crippen LogP contribution in [-0.4, -0.2) is 56.7 Å². The number of methoxy groups -OCH3 is 1. The van der Waals surface area contributed by atoms with E-state index in [1.165, 1.54) is 18.9 Å². The Labute approximate surface area is 134 Å². The Bertz CT molecular complexity index is 558. The summed E-state index contributed by atoms with van der Waals surface area (Å²) in [6, 6.07) is 5.00. The van der Waals surface area contributed by atoms with Gasteiger partial charge in [-0.05, 0) is 18.2 Å². The highest BCUT2D eigenvalue weighted by Gasteiger charge is 2.22. The van der Waals surface area contributed by atoms with Crippen LogP contribution >= 0.6 is 11.6 Å². The van der Waals surface area contributed by atoms with Gasteiger partial charge >= 0.3 is 0 Å². The maximum absolute atomic E-state index is 12.3. The first-order valence-electron chi connectivity index (χ1n) is 7.00. The van der Waals surface area contributed by atoms with Gasteiger partial charge in [-0.2, -0.15) is 0 Å². The lowest BCUT2D eigenvalue weighted by Gasteiger charge is -2.29. The highest BCUT2D eigenvalue weighted by Crippen LogP contribution is 2.29. The number of hydrogen-bond donors (Lipinski definition) is 0. The average molecular weight is 327 g/mol. The molecule has 2 amide bonds. The van der Waals surface area contributed by atoms with E-state index < -0.39 is 0 Å². The van der Waals surface area contributed by atoms with Gasteiger partial charge in [-0.1, -0.05) is 11.6 Å². The third kappa shape index (κ3) is 3.90. The van der Waals surface area contributed by atoms with Crippen LogP contribution in [0.3, 0.4) is 0 Å². The van der Waals surface area contributed by atoms with E-state index in [-0.39, 0.29) is 18.4 Å². The van der Waals surface area contributed by atoms with Crippen molar-refractivity contribution < 1.29 is 19.1 Å². The van der Waals surface area contributed by atoms with Gasteiger partial charge < -0.3 is 19.3 Å². The number of ether oxygens (including phenoxy) is 2. The first-order chi connectivity index (χ1) is 10.5. The molecule has 1 aromatic rings. The van der Waals surface area contributed by atoms with Crippen molar-refractivity contribution in [3.05, 3.63) is 23.2 Å². The van der Waals surface area contributed by atoms with E-state index in [2.05, 4.69) is 0 Å². The quantitative estimate of drug-likeness (QED) is 0.842. The van der Waals surface area contributed by atoms with Crippen LogP contribution in [0.1, 0.15) is 6.92 Å². The lowest BCUT2D eigenvalue weighted by atomic mass is 10.2. The number of anilines is 1. The third-order valence-electron chi connectivity index (χ3n) is 3.48. The number of nitrogens with zero attached hydrogens (tertiary/aromatic N) is 2. The van der Waals surface area contributed by atoms with Crippen molar-refractivity contribution in [2.75, 3.05) is 44.9 Å². The van der Waals surface area contributed by atoms with E-state index in [9.17, 15) is 9.59 Å². The minimum Gasteiger partial charge on any atom is -0.495 e. The molecule has 2 rings (SSSR count). The molecule has 0 N–H and O–H groups in total. The molecule has 1 saturated heterocycles. The Morgan fingerprint density at radius 2 is 2.05 bits per heavy atom. The van der Waals surface area contributed by atoms with Crippen LogP contribution in [0.5, 0.6) is 5.75 Å². The Kier molecular flexibility index (Phi) is 5.63. The Balaban J connectivity index is 2.14. The van der Waals surface area contributed by atoms with Crippen molar-refractivity contribution in [2.45, 2.75) is 6.92 Å². The highest BCUT2D eigenvalue weighted by molar-refractivity contribution is 6.32. The average Bonchev–Trinajstić information content (AvgIpc) is 2.52. The molecule has 0 unspecified atom stereocenters. The zero-order valence-corrected chi connectivity index (χ0v) is 13.4. The standard InChI is InChI=1S/C15H19ClN2O4/c1-11(19)18(10-15(20)17-5-7-22-8-6-17)12-3-4-14(21-2)13(16)9-12/h3-4,9H,5-8,10H2,1-2H3. The van der Waals surface area contributed by atoms with Crippen molar-refractivity contribution in [1.29, 1.82) is 0 Å². The lowest BCUT2D eigenvalue weighted by Crippen LogP contribution is -2.46. The number of halogens is 1. The van der Waals surface area contributed by atoms with E-state index >= 15 is 0 Å². The lowest BCUT2D eigenvalue weighted by molar-refractivity contribution is -0.134. The number of rotatable bonds is 4. The molecule has 1 heterocycles. The van der Waals surface area contributed by atoms with E-state index in [1.54, 1.807) is 23.1 Å². The van der Waals surface area contributed by atoms with Crippen molar-refractivity contribution in [3.8, 4) is 5.75 Å². The van der Waals surface area contributed by atoms with Gasteiger partial charge in [0.25, 0.3) is 0 Å². The fourth-order valence-corrected chi connectivity index (χ4v) is 2.51. The van der Waals surface area contributed by atoms with E-state index in [4.69, 9.17) is 21.1 Å². The van der Waals surface area contributed by atoms with Gasteiger partial charge in [0.2, 0.25) is 11.8 Å². The molecule has 0 spiro atoms. The second kappa shape index (κ2) is 7.47. The van der Waals surface area contributed by atoms with Gasteiger partial charge in [-0.25, -0.2) is 0 Å². The van der Waals surface area contributed by atoms with Crippen LogP contribution in [0.2, 0.25) is 5.02 Å². The molecule has 1 aromatic carbocycles. The summed E-state index contributed by atoms with van der Waals surface area (Å²) in [6.45, 7) is 3.56. The molecule has 7 heteroatoms. The van der Waals surface area contributed by atoms with Crippen molar-refractivity contribution in [1.82, 2.24) is 4.90 Å². The molecule has 1 fully saturated rings. The number of carbonyl (C=O) groups excluding carboxylic acids is 2. The zero-order valence-electron chi connectivity index (χ0n) is 12.7. The molecule has 0 aromatic heterocycles. The van der Waals surface area contributed by atoms with Gasteiger partial charge in [-0.3, -0.25) is 9.59 Å². The number of morpholine rings is 1. The molecule has 0 atom stereocenters. The smallest absolute Gasteiger partial charge is 0.242 e. The SMILES string of the molecule is COc1ccc(N(CC(=O)N2CCOCC2)C(C)=O)cc1Cl. The van der Waals surface area contributed by atoms with Gasteiger partial charge in [0.1, 0.15) is 12.3 Å². The molecular formula is C15H19ClN2O4. The summed E-state index contributed by atoms with van der Waals surface area (Å²) >= 11 is 6.09. The second-order valence-corrected chi connectivity index (χ2v) is 5.32.